The third kappa shape index (κ3) is 5.41. The number of nitrogens with zero attached hydrogens (tertiary/aromatic N) is 2. The van der Waals surface area contributed by atoms with Gasteiger partial charge < -0.3 is 10.0 Å². The molecule has 160 valence electrons. The van der Waals surface area contributed by atoms with Gasteiger partial charge in [-0.15, -0.1) is 0 Å². The lowest BCUT2D eigenvalue weighted by Gasteiger charge is -2.10. The summed E-state index contributed by atoms with van der Waals surface area (Å²) in [5.74, 6) is 0.454. The molecule has 0 saturated heterocycles. The van der Waals surface area contributed by atoms with Gasteiger partial charge in [0.25, 0.3) is 0 Å². The van der Waals surface area contributed by atoms with Crippen LogP contribution in [0.4, 0.5) is 0 Å². The second-order valence-corrected chi connectivity index (χ2v) is 7.58. The largest absolute Gasteiger partial charge is 0.487 e. The summed E-state index contributed by atoms with van der Waals surface area (Å²) in [5.41, 5.74) is 6.46. The van der Waals surface area contributed by atoms with Crippen molar-refractivity contribution in [2.24, 2.45) is 0 Å². The first-order valence-corrected chi connectivity index (χ1v) is 10.5. The number of aromatic nitrogens is 2. The number of hydrogen-bond acceptors (Lipinski definition) is 4. The molecule has 0 aliphatic heterocycles. The van der Waals surface area contributed by atoms with E-state index in [1.165, 1.54) is 6.08 Å². The Bertz CT molecular complexity index is 1300. The Kier molecular flexibility index (Phi) is 6.74. The van der Waals surface area contributed by atoms with Gasteiger partial charge in [-0.3, -0.25) is 0 Å². The number of rotatable bonds is 7. The Morgan fingerprint density at radius 1 is 0.636 bits per heavy atom. The lowest BCUT2D eigenvalue weighted by Crippen LogP contribution is -2.12. The predicted molar refractivity (Wildman–Crippen MR) is 136 cm³/mol. The highest BCUT2D eigenvalue weighted by atomic mass is 16.4. The van der Waals surface area contributed by atoms with Crippen LogP contribution in [-0.4, -0.2) is 27.1 Å². The van der Waals surface area contributed by atoms with Crippen molar-refractivity contribution in [3.63, 3.8) is 0 Å². The first-order chi connectivity index (χ1) is 16.0. The Hall–Kier alpha value is -4.06. The van der Waals surface area contributed by atoms with Gasteiger partial charge in [0, 0.05) is 16.7 Å². The van der Waals surface area contributed by atoms with Crippen LogP contribution in [0.15, 0.2) is 122 Å². The molecule has 33 heavy (non-hydrogen) atoms. The molecule has 0 bridgehead atoms. The molecule has 1 heterocycles. The number of benzene rings is 3. The topological polar surface area (TPSA) is 66.2 Å². The molecular formula is C28H23BN2O2. The standard InChI is InChI=1S/C28H23BN2O2/c1-20(13-14-21(2)29(32)33)28-30-26(24-11-7-4-8-12-24)19-27(31-28)25-17-15-23(16-18-25)22-9-5-3-6-10-22/h3-19,32-33H,1-2H2/b14-13-. The summed E-state index contributed by atoms with van der Waals surface area (Å²) in [5, 5.41) is 18.5. The summed E-state index contributed by atoms with van der Waals surface area (Å²) in [6.07, 6.45) is 3.13. The van der Waals surface area contributed by atoms with Gasteiger partial charge >= 0.3 is 7.12 Å². The SMILES string of the molecule is C=C(/C=C\C(=C)c1nc(-c2ccccc2)cc(-c2ccc(-c3ccccc3)cc2)n1)B(O)O. The van der Waals surface area contributed by atoms with Crippen LogP contribution in [0, 0.1) is 0 Å². The van der Waals surface area contributed by atoms with Gasteiger partial charge in [0.05, 0.1) is 11.4 Å². The van der Waals surface area contributed by atoms with Crippen LogP contribution >= 0.6 is 0 Å². The molecule has 4 aromatic rings. The first kappa shape index (κ1) is 22.2. The van der Waals surface area contributed by atoms with E-state index >= 15 is 0 Å². The summed E-state index contributed by atoms with van der Waals surface area (Å²) < 4.78 is 0. The third-order valence-corrected chi connectivity index (χ3v) is 5.20. The molecule has 4 nitrogen and oxygen atoms in total. The first-order valence-electron chi connectivity index (χ1n) is 10.5. The maximum atomic E-state index is 9.24. The van der Waals surface area contributed by atoms with Crippen LogP contribution < -0.4 is 0 Å². The molecule has 0 spiro atoms. The zero-order chi connectivity index (χ0) is 23.2. The molecule has 0 fully saturated rings. The minimum absolute atomic E-state index is 0.159. The van der Waals surface area contributed by atoms with E-state index in [0.29, 0.717) is 11.4 Å². The fourth-order valence-corrected chi connectivity index (χ4v) is 3.33. The van der Waals surface area contributed by atoms with Gasteiger partial charge in [0.1, 0.15) is 0 Å². The molecule has 0 amide bonds. The van der Waals surface area contributed by atoms with Gasteiger partial charge in [-0.2, -0.15) is 0 Å². The summed E-state index contributed by atoms with van der Waals surface area (Å²) in [4.78, 5) is 9.44. The van der Waals surface area contributed by atoms with E-state index in [4.69, 9.17) is 9.97 Å². The van der Waals surface area contributed by atoms with E-state index < -0.39 is 7.12 Å². The molecule has 0 aliphatic rings. The van der Waals surface area contributed by atoms with E-state index in [9.17, 15) is 10.0 Å². The molecule has 0 unspecified atom stereocenters. The molecule has 2 N–H and O–H groups in total. The molecule has 4 rings (SSSR count). The maximum Gasteiger partial charge on any atom is 0.487 e. The average molecular weight is 430 g/mol. The van der Waals surface area contributed by atoms with E-state index in [1.807, 2.05) is 66.7 Å². The third-order valence-electron chi connectivity index (χ3n) is 5.20. The van der Waals surface area contributed by atoms with Crippen molar-refractivity contribution in [3.8, 4) is 33.6 Å². The van der Waals surface area contributed by atoms with Crippen molar-refractivity contribution in [3.05, 3.63) is 128 Å². The van der Waals surface area contributed by atoms with Crippen LogP contribution in [0.3, 0.4) is 0 Å². The quantitative estimate of drug-likeness (QED) is 0.295. The van der Waals surface area contributed by atoms with Crippen molar-refractivity contribution in [1.29, 1.82) is 0 Å². The van der Waals surface area contributed by atoms with E-state index in [0.717, 1.165) is 33.6 Å². The van der Waals surface area contributed by atoms with Crippen LogP contribution in [0.25, 0.3) is 39.2 Å². The Labute approximate surface area is 194 Å². The van der Waals surface area contributed by atoms with Crippen molar-refractivity contribution in [1.82, 2.24) is 9.97 Å². The Morgan fingerprint density at radius 3 is 1.64 bits per heavy atom. The van der Waals surface area contributed by atoms with Crippen molar-refractivity contribution < 1.29 is 10.0 Å². The minimum atomic E-state index is -1.62. The molecule has 3 aromatic carbocycles. The zero-order valence-electron chi connectivity index (χ0n) is 18.1. The van der Waals surface area contributed by atoms with E-state index in [2.05, 4.69) is 37.4 Å². The van der Waals surface area contributed by atoms with Crippen LogP contribution in [0.5, 0.6) is 0 Å². The fraction of sp³-hybridized carbons (Fsp3) is 0. The normalized spacial score (nSPS) is 10.8. The van der Waals surface area contributed by atoms with Gasteiger partial charge in [0.2, 0.25) is 0 Å². The summed E-state index contributed by atoms with van der Waals surface area (Å²) in [6.45, 7) is 7.68. The fourth-order valence-electron chi connectivity index (χ4n) is 3.33. The summed E-state index contributed by atoms with van der Waals surface area (Å²) in [6, 6.07) is 30.3. The predicted octanol–water partition coefficient (Wildman–Crippen LogP) is 5.62. The second kappa shape index (κ2) is 10.0. The van der Waals surface area contributed by atoms with Crippen LogP contribution in [-0.2, 0) is 0 Å². The molecular weight excluding hydrogens is 407 g/mol. The highest BCUT2D eigenvalue weighted by molar-refractivity contribution is 6.51. The minimum Gasteiger partial charge on any atom is -0.423 e. The molecule has 0 radical (unpaired) electrons. The van der Waals surface area contributed by atoms with Gasteiger partial charge in [-0.05, 0) is 22.7 Å². The Morgan fingerprint density at radius 2 is 1.09 bits per heavy atom. The van der Waals surface area contributed by atoms with Gasteiger partial charge in [-0.1, -0.05) is 110 Å². The smallest absolute Gasteiger partial charge is 0.423 e. The van der Waals surface area contributed by atoms with E-state index in [1.54, 1.807) is 6.08 Å². The van der Waals surface area contributed by atoms with E-state index in [-0.39, 0.29) is 5.47 Å². The molecule has 0 atom stereocenters. The highest BCUT2D eigenvalue weighted by Gasteiger charge is 2.12. The average Bonchev–Trinajstić information content (AvgIpc) is 2.88. The maximum absolute atomic E-state index is 9.24. The second-order valence-electron chi connectivity index (χ2n) is 7.58. The van der Waals surface area contributed by atoms with Crippen molar-refractivity contribution >= 4 is 12.7 Å². The Balaban J connectivity index is 1.73. The van der Waals surface area contributed by atoms with Gasteiger partial charge in [-0.25, -0.2) is 9.97 Å². The van der Waals surface area contributed by atoms with Crippen molar-refractivity contribution in [2.45, 2.75) is 0 Å². The monoisotopic (exact) mass is 430 g/mol. The zero-order valence-corrected chi connectivity index (χ0v) is 18.1. The lowest BCUT2D eigenvalue weighted by atomic mass is 9.80. The molecule has 0 aliphatic carbocycles. The summed E-state index contributed by atoms with van der Waals surface area (Å²) >= 11 is 0. The molecule has 0 saturated carbocycles. The van der Waals surface area contributed by atoms with Crippen molar-refractivity contribution in [2.75, 3.05) is 0 Å². The highest BCUT2D eigenvalue weighted by Crippen LogP contribution is 2.28. The number of allylic oxidation sites excluding steroid dienone is 4. The lowest BCUT2D eigenvalue weighted by molar-refractivity contribution is 0.421. The molecule has 5 heteroatoms. The number of hydrogen-bond donors (Lipinski definition) is 2. The van der Waals surface area contributed by atoms with Gasteiger partial charge in [0.15, 0.2) is 5.82 Å². The molecule has 1 aromatic heterocycles. The summed E-state index contributed by atoms with van der Waals surface area (Å²) in [7, 11) is -1.62. The van der Waals surface area contributed by atoms with Crippen LogP contribution in [0.1, 0.15) is 5.82 Å². The van der Waals surface area contributed by atoms with Crippen LogP contribution in [0.2, 0.25) is 0 Å².